The molecule has 0 bridgehead atoms. The zero-order chi connectivity index (χ0) is 13.4. The van der Waals surface area contributed by atoms with E-state index in [0.29, 0.717) is 0 Å². The van der Waals surface area contributed by atoms with Crippen molar-refractivity contribution in [1.82, 2.24) is 14.5 Å². The third-order valence-electron chi connectivity index (χ3n) is 3.20. The summed E-state index contributed by atoms with van der Waals surface area (Å²) in [5.74, 6) is 0. The maximum absolute atomic E-state index is 5.42. The summed E-state index contributed by atoms with van der Waals surface area (Å²) in [5, 5.41) is 0. The number of nitrogens with zero attached hydrogens (tertiary/aromatic N) is 2. The van der Waals surface area contributed by atoms with Crippen molar-refractivity contribution in [1.29, 1.82) is 0 Å². The highest BCUT2D eigenvalue weighted by Crippen LogP contribution is 2.21. The van der Waals surface area contributed by atoms with Crippen molar-refractivity contribution >= 4 is 39.2 Å². The van der Waals surface area contributed by atoms with Crippen LogP contribution in [0.4, 0.5) is 0 Å². The Hall–Kier alpha value is -1.46. The molecule has 0 fully saturated rings. The number of rotatable bonds is 2. The van der Waals surface area contributed by atoms with Crippen LogP contribution in [0.25, 0.3) is 11.0 Å². The molecule has 0 unspecified atom stereocenters. The molecular formula is C14H12BrN3S. The highest BCUT2D eigenvalue weighted by molar-refractivity contribution is 9.10. The molecule has 19 heavy (non-hydrogen) atoms. The molecule has 2 heterocycles. The maximum atomic E-state index is 5.42. The first-order chi connectivity index (χ1) is 9.15. The molecule has 0 amide bonds. The summed E-state index contributed by atoms with van der Waals surface area (Å²) >= 11 is 8.89. The molecule has 0 aliphatic carbocycles. The molecule has 0 radical (unpaired) electrons. The molecule has 2 aromatic heterocycles. The van der Waals surface area contributed by atoms with Gasteiger partial charge in [-0.15, -0.1) is 0 Å². The summed E-state index contributed by atoms with van der Waals surface area (Å²) in [6.45, 7) is 2.83. The number of hydrogen-bond acceptors (Lipinski definition) is 2. The number of H-pyrrole nitrogens is 1. The molecule has 5 heteroatoms. The van der Waals surface area contributed by atoms with E-state index in [0.717, 1.165) is 26.8 Å². The molecule has 0 aliphatic rings. The average molecular weight is 334 g/mol. The van der Waals surface area contributed by atoms with E-state index < -0.39 is 0 Å². The summed E-state index contributed by atoms with van der Waals surface area (Å²) in [6.07, 6.45) is 3.70. The molecule has 3 aromatic rings. The first-order valence-electron chi connectivity index (χ1n) is 5.93. The minimum absolute atomic E-state index is 0.740. The van der Waals surface area contributed by atoms with Crippen LogP contribution in [0, 0.1) is 11.7 Å². The number of benzene rings is 1. The summed E-state index contributed by atoms with van der Waals surface area (Å²) < 4.78 is 3.90. The van der Waals surface area contributed by atoms with Crippen molar-refractivity contribution in [3.8, 4) is 0 Å². The standard InChI is InChI=1S/C14H12BrN3S/c1-9-7-16-5-4-10(9)8-18-13-3-2-11(15)6-12(13)17-14(18)19/h2-7H,8H2,1H3,(H,17,19). The highest BCUT2D eigenvalue weighted by Gasteiger charge is 2.06. The van der Waals surface area contributed by atoms with Crippen molar-refractivity contribution < 1.29 is 0 Å². The molecule has 0 saturated carbocycles. The number of nitrogens with one attached hydrogen (secondary N) is 1. The Morgan fingerprint density at radius 2 is 2.21 bits per heavy atom. The molecule has 0 saturated heterocycles. The van der Waals surface area contributed by atoms with Crippen molar-refractivity contribution in [2.45, 2.75) is 13.5 Å². The Morgan fingerprint density at radius 1 is 1.37 bits per heavy atom. The van der Waals surface area contributed by atoms with Gasteiger partial charge in [-0.3, -0.25) is 4.98 Å². The summed E-state index contributed by atoms with van der Waals surface area (Å²) in [6, 6.07) is 8.18. The van der Waals surface area contributed by atoms with E-state index >= 15 is 0 Å². The molecular weight excluding hydrogens is 322 g/mol. The first-order valence-corrected chi connectivity index (χ1v) is 7.13. The number of pyridine rings is 1. The average Bonchev–Trinajstić information content (AvgIpc) is 2.68. The monoisotopic (exact) mass is 333 g/mol. The van der Waals surface area contributed by atoms with E-state index in [1.54, 1.807) is 0 Å². The first kappa shape index (κ1) is 12.6. The van der Waals surface area contributed by atoms with Crippen LogP contribution in [0.15, 0.2) is 41.1 Å². The van der Waals surface area contributed by atoms with E-state index in [1.807, 2.05) is 30.6 Å². The van der Waals surface area contributed by atoms with Gasteiger partial charge in [0, 0.05) is 16.9 Å². The van der Waals surface area contributed by atoms with Gasteiger partial charge in [-0.2, -0.15) is 0 Å². The van der Waals surface area contributed by atoms with Crippen LogP contribution in [0.3, 0.4) is 0 Å². The van der Waals surface area contributed by atoms with Crippen molar-refractivity contribution in [2.75, 3.05) is 0 Å². The Labute approximate surface area is 124 Å². The Bertz CT molecular complexity index is 804. The summed E-state index contributed by atoms with van der Waals surface area (Å²) in [5.41, 5.74) is 4.57. The summed E-state index contributed by atoms with van der Waals surface area (Å²) in [7, 11) is 0. The lowest BCUT2D eigenvalue weighted by atomic mass is 10.1. The third-order valence-corrected chi connectivity index (χ3v) is 4.02. The number of aromatic amines is 1. The fraction of sp³-hybridized carbons (Fsp3) is 0.143. The number of imidazole rings is 1. The molecule has 0 atom stereocenters. The lowest BCUT2D eigenvalue weighted by Gasteiger charge is -2.07. The zero-order valence-electron chi connectivity index (χ0n) is 10.4. The van der Waals surface area contributed by atoms with Gasteiger partial charge in [0.2, 0.25) is 0 Å². The van der Waals surface area contributed by atoms with E-state index in [1.165, 1.54) is 11.1 Å². The number of aromatic nitrogens is 3. The predicted octanol–water partition coefficient (Wildman–Crippen LogP) is 4.21. The topological polar surface area (TPSA) is 33.6 Å². The third kappa shape index (κ3) is 2.35. The summed E-state index contributed by atoms with van der Waals surface area (Å²) in [4.78, 5) is 7.36. The largest absolute Gasteiger partial charge is 0.331 e. The van der Waals surface area contributed by atoms with Gasteiger partial charge in [-0.1, -0.05) is 15.9 Å². The Balaban J connectivity index is 2.13. The minimum atomic E-state index is 0.740. The Kier molecular flexibility index (Phi) is 3.24. The molecule has 3 nitrogen and oxygen atoms in total. The van der Waals surface area contributed by atoms with Crippen LogP contribution in [-0.4, -0.2) is 14.5 Å². The quantitative estimate of drug-likeness (QED) is 0.712. The van der Waals surface area contributed by atoms with E-state index in [-0.39, 0.29) is 0 Å². The molecule has 1 aromatic carbocycles. The van der Waals surface area contributed by atoms with E-state index in [2.05, 4.69) is 43.5 Å². The van der Waals surface area contributed by atoms with Gasteiger partial charge < -0.3 is 9.55 Å². The maximum Gasteiger partial charge on any atom is 0.178 e. The fourth-order valence-corrected chi connectivity index (χ4v) is 2.78. The highest BCUT2D eigenvalue weighted by atomic mass is 79.9. The molecule has 3 rings (SSSR count). The number of hydrogen-bond donors (Lipinski definition) is 1. The number of aryl methyl sites for hydroxylation is 1. The molecule has 96 valence electrons. The zero-order valence-corrected chi connectivity index (χ0v) is 12.8. The van der Waals surface area contributed by atoms with Crippen LogP contribution in [-0.2, 0) is 6.54 Å². The van der Waals surface area contributed by atoms with Gasteiger partial charge in [-0.05, 0) is 54.5 Å². The fourth-order valence-electron chi connectivity index (χ4n) is 2.14. The SMILES string of the molecule is Cc1cnccc1Cn1c(=S)[nH]c2cc(Br)ccc21. The van der Waals surface area contributed by atoms with Crippen LogP contribution in [0.2, 0.25) is 0 Å². The predicted molar refractivity (Wildman–Crippen MR) is 82.9 cm³/mol. The van der Waals surface area contributed by atoms with Gasteiger partial charge in [0.25, 0.3) is 0 Å². The minimum Gasteiger partial charge on any atom is -0.331 e. The van der Waals surface area contributed by atoms with E-state index in [4.69, 9.17) is 12.2 Å². The number of halogens is 1. The molecule has 0 aliphatic heterocycles. The van der Waals surface area contributed by atoms with Gasteiger partial charge in [0.1, 0.15) is 0 Å². The van der Waals surface area contributed by atoms with Gasteiger partial charge in [0.15, 0.2) is 4.77 Å². The van der Waals surface area contributed by atoms with Crippen LogP contribution in [0.1, 0.15) is 11.1 Å². The van der Waals surface area contributed by atoms with Crippen molar-refractivity contribution in [3.05, 3.63) is 57.0 Å². The van der Waals surface area contributed by atoms with Crippen LogP contribution in [0.5, 0.6) is 0 Å². The second kappa shape index (κ2) is 4.90. The molecule has 1 N–H and O–H groups in total. The molecule has 0 spiro atoms. The van der Waals surface area contributed by atoms with Gasteiger partial charge in [0.05, 0.1) is 17.6 Å². The second-order valence-corrected chi connectivity index (χ2v) is 5.78. The van der Waals surface area contributed by atoms with Crippen molar-refractivity contribution in [2.24, 2.45) is 0 Å². The van der Waals surface area contributed by atoms with Crippen LogP contribution < -0.4 is 0 Å². The Morgan fingerprint density at radius 3 is 3.00 bits per heavy atom. The smallest absolute Gasteiger partial charge is 0.178 e. The van der Waals surface area contributed by atoms with Crippen molar-refractivity contribution in [3.63, 3.8) is 0 Å². The second-order valence-electron chi connectivity index (χ2n) is 4.48. The lowest BCUT2D eigenvalue weighted by Crippen LogP contribution is -2.01. The van der Waals surface area contributed by atoms with E-state index in [9.17, 15) is 0 Å². The van der Waals surface area contributed by atoms with Gasteiger partial charge in [-0.25, -0.2) is 0 Å². The lowest BCUT2D eigenvalue weighted by molar-refractivity contribution is 0.803. The van der Waals surface area contributed by atoms with Gasteiger partial charge >= 0.3 is 0 Å². The normalized spacial score (nSPS) is 11.1. The number of fused-ring (bicyclic) bond motifs is 1. The van der Waals surface area contributed by atoms with Crippen LogP contribution >= 0.6 is 28.1 Å².